The molecule has 0 amide bonds. The van der Waals surface area contributed by atoms with Gasteiger partial charge in [-0.2, -0.15) is 4.98 Å². The summed E-state index contributed by atoms with van der Waals surface area (Å²) < 4.78 is 13.1. The summed E-state index contributed by atoms with van der Waals surface area (Å²) >= 11 is 0. The predicted octanol–water partition coefficient (Wildman–Crippen LogP) is 1.80. The van der Waals surface area contributed by atoms with Gasteiger partial charge in [0.2, 0.25) is 11.8 Å². The summed E-state index contributed by atoms with van der Waals surface area (Å²) in [6, 6.07) is 1.73. The molecular weight excluding hydrogens is 282 g/mol. The summed E-state index contributed by atoms with van der Waals surface area (Å²) in [6.45, 7) is 1.52. The first kappa shape index (κ1) is 14.8. The molecule has 22 heavy (non-hydrogen) atoms. The Hall–Kier alpha value is -2.15. The number of nitrogens with zero attached hydrogens (tertiary/aromatic N) is 4. The summed E-state index contributed by atoms with van der Waals surface area (Å²) in [5.74, 6) is 2.43. The lowest BCUT2D eigenvalue weighted by atomic mass is 9.93. The molecule has 0 spiro atoms. The van der Waals surface area contributed by atoms with Crippen LogP contribution in [0.1, 0.15) is 24.8 Å². The lowest BCUT2D eigenvalue weighted by Gasteiger charge is -2.31. The molecule has 0 saturated carbocycles. The minimum Gasteiger partial charge on any atom is -0.481 e. The number of hydrogen-bond donors (Lipinski definition) is 1. The van der Waals surface area contributed by atoms with Gasteiger partial charge in [0.25, 0.3) is 0 Å². The van der Waals surface area contributed by atoms with E-state index >= 15 is 0 Å². The van der Waals surface area contributed by atoms with Crippen molar-refractivity contribution >= 4 is 5.95 Å². The fourth-order valence-corrected chi connectivity index (χ4v) is 2.75. The largest absolute Gasteiger partial charge is 0.481 e. The Bertz CT molecular complexity index is 615. The summed E-state index contributed by atoms with van der Waals surface area (Å²) in [4.78, 5) is 12.9. The van der Waals surface area contributed by atoms with Crippen molar-refractivity contribution in [2.24, 2.45) is 13.0 Å². The van der Waals surface area contributed by atoms with Crippen LogP contribution in [0.5, 0.6) is 5.88 Å². The number of aromatic nitrogens is 4. The molecule has 0 aromatic carbocycles. The van der Waals surface area contributed by atoms with E-state index in [1.807, 2.05) is 24.0 Å². The van der Waals surface area contributed by atoms with Crippen LogP contribution in [0, 0.1) is 5.92 Å². The zero-order valence-corrected chi connectivity index (χ0v) is 12.9. The van der Waals surface area contributed by atoms with E-state index in [9.17, 15) is 0 Å². The minimum atomic E-state index is 0.00635. The second-order valence-electron chi connectivity index (χ2n) is 5.39. The first-order chi connectivity index (χ1) is 10.8. The van der Waals surface area contributed by atoms with Gasteiger partial charge >= 0.3 is 0 Å². The third kappa shape index (κ3) is 3.19. The van der Waals surface area contributed by atoms with Crippen LogP contribution in [0.15, 0.2) is 24.7 Å². The standard InChI is InChI=1S/C15H21N5O2/c1-20-8-7-16-14(20)13-11(4-3-9-22-13)10-18-15-17-6-5-12(19-15)21-2/h5-8,11,13H,3-4,9-10H2,1-2H3,(H,17,18,19)/t11-,13+/m0/s1. The molecule has 7 nitrogen and oxygen atoms in total. The number of ether oxygens (including phenoxy) is 2. The van der Waals surface area contributed by atoms with Crippen LogP contribution in [0.3, 0.4) is 0 Å². The van der Waals surface area contributed by atoms with E-state index in [1.54, 1.807) is 19.4 Å². The third-order valence-corrected chi connectivity index (χ3v) is 3.92. The fraction of sp³-hybridized carbons (Fsp3) is 0.533. The van der Waals surface area contributed by atoms with E-state index in [2.05, 4.69) is 20.3 Å². The average Bonchev–Trinajstić information content (AvgIpc) is 2.99. The predicted molar refractivity (Wildman–Crippen MR) is 81.7 cm³/mol. The Balaban J connectivity index is 1.68. The molecule has 0 bridgehead atoms. The molecule has 1 N–H and O–H groups in total. The molecule has 3 rings (SSSR count). The van der Waals surface area contributed by atoms with Gasteiger partial charge in [-0.05, 0) is 12.8 Å². The van der Waals surface area contributed by atoms with Gasteiger partial charge in [0.15, 0.2) is 0 Å². The van der Waals surface area contributed by atoms with Gasteiger partial charge in [0, 0.05) is 50.8 Å². The van der Waals surface area contributed by atoms with Crippen LogP contribution in [0.25, 0.3) is 0 Å². The van der Waals surface area contributed by atoms with Gasteiger partial charge < -0.3 is 19.4 Å². The maximum absolute atomic E-state index is 5.96. The normalized spacial score (nSPS) is 21.5. The lowest BCUT2D eigenvalue weighted by molar-refractivity contribution is -0.0305. The lowest BCUT2D eigenvalue weighted by Crippen LogP contribution is -2.30. The van der Waals surface area contributed by atoms with Gasteiger partial charge in [-0.1, -0.05) is 0 Å². The van der Waals surface area contributed by atoms with Crippen LogP contribution in [0.4, 0.5) is 5.95 Å². The SMILES string of the molecule is COc1ccnc(NC[C@@H]2CCCO[C@H]2c2nccn2C)n1. The van der Waals surface area contributed by atoms with E-state index in [0.29, 0.717) is 17.7 Å². The summed E-state index contributed by atoms with van der Waals surface area (Å²) in [5.41, 5.74) is 0. The van der Waals surface area contributed by atoms with Crippen molar-refractivity contribution in [2.45, 2.75) is 18.9 Å². The molecule has 7 heteroatoms. The second-order valence-corrected chi connectivity index (χ2v) is 5.39. The molecule has 1 saturated heterocycles. The first-order valence-electron chi connectivity index (χ1n) is 7.47. The first-order valence-corrected chi connectivity index (χ1v) is 7.47. The Morgan fingerprint density at radius 1 is 1.41 bits per heavy atom. The smallest absolute Gasteiger partial charge is 0.225 e. The Kier molecular flexibility index (Phi) is 4.53. The Morgan fingerprint density at radius 3 is 3.09 bits per heavy atom. The summed E-state index contributed by atoms with van der Waals surface area (Å²) in [5, 5.41) is 3.28. The molecule has 1 aliphatic rings. The maximum atomic E-state index is 5.96. The van der Waals surface area contributed by atoms with E-state index in [1.165, 1.54) is 0 Å². The van der Waals surface area contributed by atoms with Crippen LogP contribution in [-0.2, 0) is 11.8 Å². The van der Waals surface area contributed by atoms with E-state index in [4.69, 9.17) is 9.47 Å². The van der Waals surface area contributed by atoms with Crippen LogP contribution in [-0.4, -0.2) is 39.8 Å². The molecule has 0 aliphatic carbocycles. The second kappa shape index (κ2) is 6.74. The summed E-state index contributed by atoms with van der Waals surface area (Å²) in [7, 11) is 3.59. The fourth-order valence-electron chi connectivity index (χ4n) is 2.75. The van der Waals surface area contributed by atoms with E-state index in [0.717, 1.165) is 31.8 Å². The highest BCUT2D eigenvalue weighted by atomic mass is 16.5. The number of anilines is 1. The average molecular weight is 303 g/mol. The zero-order chi connectivity index (χ0) is 15.4. The van der Waals surface area contributed by atoms with Crippen molar-refractivity contribution in [1.29, 1.82) is 0 Å². The van der Waals surface area contributed by atoms with Gasteiger partial charge in [-0.3, -0.25) is 0 Å². The van der Waals surface area contributed by atoms with Crippen molar-refractivity contribution in [2.75, 3.05) is 25.6 Å². The molecule has 1 aliphatic heterocycles. The van der Waals surface area contributed by atoms with Gasteiger partial charge in [0.05, 0.1) is 7.11 Å². The highest BCUT2D eigenvalue weighted by Gasteiger charge is 2.30. The molecule has 118 valence electrons. The minimum absolute atomic E-state index is 0.00635. The van der Waals surface area contributed by atoms with Gasteiger partial charge in [-0.25, -0.2) is 9.97 Å². The quantitative estimate of drug-likeness (QED) is 0.908. The van der Waals surface area contributed by atoms with Crippen molar-refractivity contribution in [1.82, 2.24) is 19.5 Å². The third-order valence-electron chi connectivity index (χ3n) is 3.92. The molecule has 3 heterocycles. The number of methoxy groups -OCH3 is 1. The van der Waals surface area contributed by atoms with Crippen LogP contribution < -0.4 is 10.1 Å². The number of nitrogens with one attached hydrogen (secondary N) is 1. The molecule has 0 radical (unpaired) electrons. The number of imidazole rings is 1. The molecule has 2 aromatic heterocycles. The highest BCUT2D eigenvalue weighted by molar-refractivity contribution is 5.27. The molecule has 2 atom stereocenters. The van der Waals surface area contributed by atoms with E-state index in [-0.39, 0.29) is 6.10 Å². The van der Waals surface area contributed by atoms with Crippen molar-refractivity contribution in [3.05, 3.63) is 30.5 Å². The zero-order valence-electron chi connectivity index (χ0n) is 12.9. The van der Waals surface area contributed by atoms with Crippen LogP contribution >= 0.6 is 0 Å². The van der Waals surface area contributed by atoms with Crippen LogP contribution in [0.2, 0.25) is 0 Å². The number of hydrogen-bond acceptors (Lipinski definition) is 6. The van der Waals surface area contributed by atoms with Crippen molar-refractivity contribution < 1.29 is 9.47 Å². The number of rotatable bonds is 5. The van der Waals surface area contributed by atoms with Crippen molar-refractivity contribution in [3.8, 4) is 5.88 Å². The Labute approximate surface area is 129 Å². The highest BCUT2D eigenvalue weighted by Crippen LogP contribution is 2.32. The Morgan fingerprint density at radius 2 is 2.32 bits per heavy atom. The maximum Gasteiger partial charge on any atom is 0.225 e. The summed E-state index contributed by atoms with van der Waals surface area (Å²) in [6.07, 6.45) is 7.60. The van der Waals surface area contributed by atoms with Crippen molar-refractivity contribution in [3.63, 3.8) is 0 Å². The molecule has 1 fully saturated rings. The van der Waals surface area contributed by atoms with Gasteiger partial charge in [-0.15, -0.1) is 0 Å². The monoisotopic (exact) mass is 303 g/mol. The number of aryl methyl sites for hydroxylation is 1. The molecular formula is C15H21N5O2. The van der Waals surface area contributed by atoms with E-state index < -0.39 is 0 Å². The molecule has 2 aromatic rings. The topological polar surface area (TPSA) is 74.1 Å². The molecule has 0 unspecified atom stereocenters. The van der Waals surface area contributed by atoms with Gasteiger partial charge in [0.1, 0.15) is 11.9 Å².